The van der Waals surface area contributed by atoms with Gasteiger partial charge in [-0.3, -0.25) is 0 Å². The van der Waals surface area contributed by atoms with Gasteiger partial charge in [-0.05, 0) is 83.9 Å². The van der Waals surface area contributed by atoms with E-state index in [1.807, 2.05) is 0 Å². The molecule has 3 unspecified atom stereocenters. The van der Waals surface area contributed by atoms with Gasteiger partial charge in [-0.25, -0.2) is 0 Å². The first-order valence-corrected chi connectivity index (χ1v) is 12.3. The van der Waals surface area contributed by atoms with Crippen LogP contribution in [0, 0.1) is 31.6 Å². The van der Waals surface area contributed by atoms with E-state index in [9.17, 15) is 0 Å². The van der Waals surface area contributed by atoms with Gasteiger partial charge in [-0.15, -0.1) is 0 Å². The molecule has 2 aliphatic rings. The van der Waals surface area contributed by atoms with E-state index in [2.05, 4.69) is 96.3 Å². The molecule has 32 heavy (non-hydrogen) atoms. The second-order valence-corrected chi connectivity index (χ2v) is 10.2. The first-order valence-electron chi connectivity index (χ1n) is 12.3. The fourth-order valence-electron chi connectivity index (χ4n) is 5.41. The van der Waals surface area contributed by atoms with Gasteiger partial charge in [0.15, 0.2) is 0 Å². The monoisotopic (exact) mass is 422 g/mol. The zero-order valence-corrected chi connectivity index (χ0v) is 20.6. The van der Waals surface area contributed by atoms with E-state index in [0.717, 1.165) is 19.3 Å². The topological polar surface area (TPSA) is 0 Å². The van der Waals surface area contributed by atoms with Gasteiger partial charge in [0.25, 0.3) is 0 Å². The average Bonchev–Trinajstić information content (AvgIpc) is 3.18. The summed E-state index contributed by atoms with van der Waals surface area (Å²) in [7, 11) is 0. The van der Waals surface area contributed by atoms with E-state index < -0.39 is 0 Å². The Morgan fingerprint density at radius 1 is 1.09 bits per heavy atom. The minimum atomic E-state index is 0.362. The zero-order valence-electron chi connectivity index (χ0n) is 20.6. The van der Waals surface area contributed by atoms with Crippen LogP contribution in [0.1, 0.15) is 61.4 Å². The van der Waals surface area contributed by atoms with Crippen LogP contribution in [0.15, 0.2) is 72.4 Å². The summed E-state index contributed by atoms with van der Waals surface area (Å²) in [6.07, 6.45) is 11.3. The Balaban J connectivity index is 1.68. The predicted molar refractivity (Wildman–Crippen MR) is 141 cm³/mol. The third kappa shape index (κ3) is 4.33. The molecular weight excluding hydrogens is 384 g/mol. The summed E-state index contributed by atoms with van der Waals surface area (Å²) in [6, 6.07) is 11.6. The Labute approximate surface area is 195 Å². The van der Waals surface area contributed by atoms with E-state index in [1.165, 1.54) is 62.1 Å². The number of fused-ring (bicyclic) bond motifs is 1. The lowest BCUT2D eigenvalue weighted by Gasteiger charge is -2.28. The van der Waals surface area contributed by atoms with Crippen molar-refractivity contribution in [2.24, 2.45) is 17.8 Å². The molecule has 166 valence electrons. The normalized spacial score (nSPS) is 21.0. The maximum atomic E-state index is 4.41. The summed E-state index contributed by atoms with van der Waals surface area (Å²) in [4.78, 5) is 0. The molecule has 2 aromatic rings. The molecule has 4 rings (SSSR count). The van der Waals surface area contributed by atoms with Crippen LogP contribution in [0.4, 0.5) is 0 Å². The SMILES string of the molecule is C=C1C=CC(C)C(=C)C1CC1=Cc2cccc(-c3cc(C)cc(C)c3CC(C)CC)c2C1. The van der Waals surface area contributed by atoms with Gasteiger partial charge < -0.3 is 0 Å². The van der Waals surface area contributed by atoms with Gasteiger partial charge in [0.1, 0.15) is 0 Å². The minimum Gasteiger partial charge on any atom is -0.0986 e. The van der Waals surface area contributed by atoms with Crippen molar-refractivity contribution in [3.05, 3.63) is 100 Å². The smallest absolute Gasteiger partial charge is 0.00826 e. The van der Waals surface area contributed by atoms with Crippen LogP contribution in [-0.4, -0.2) is 0 Å². The second-order valence-electron chi connectivity index (χ2n) is 10.2. The number of hydrogen-bond acceptors (Lipinski definition) is 0. The summed E-state index contributed by atoms with van der Waals surface area (Å²) in [6.45, 7) is 20.2. The van der Waals surface area contributed by atoms with Crippen molar-refractivity contribution in [1.82, 2.24) is 0 Å². The van der Waals surface area contributed by atoms with Crippen LogP contribution < -0.4 is 0 Å². The molecule has 0 aromatic heterocycles. The quantitative estimate of drug-likeness (QED) is 0.408. The molecule has 0 bridgehead atoms. The van der Waals surface area contributed by atoms with Crippen LogP contribution in [0.3, 0.4) is 0 Å². The highest BCUT2D eigenvalue weighted by Gasteiger charge is 2.26. The van der Waals surface area contributed by atoms with Crippen molar-refractivity contribution in [3.8, 4) is 11.1 Å². The molecule has 0 nitrogen and oxygen atoms in total. The molecule has 0 heteroatoms. The Bertz CT molecular complexity index is 1120. The lowest BCUT2D eigenvalue weighted by Crippen LogP contribution is -2.15. The molecule has 0 amide bonds. The third-order valence-electron chi connectivity index (χ3n) is 7.68. The summed E-state index contributed by atoms with van der Waals surface area (Å²) in [5, 5.41) is 0. The number of rotatable bonds is 6. The summed E-state index contributed by atoms with van der Waals surface area (Å²) in [5.41, 5.74) is 14.1. The van der Waals surface area contributed by atoms with E-state index in [0.29, 0.717) is 17.8 Å². The number of aryl methyl sites for hydroxylation is 2. The largest absolute Gasteiger partial charge is 0.0986 e. The molecule has 0 heterocycles. The van der Waals surface area contributed by atoms with Crippen LogP contribution >= 0.6 is 0 Å². The molecule has 0 saturated carbocycles. The number of allylic oxidation sites excluding steroid dienone is 5. The van der Waals surface area contributed by atoms with Crippen molar-refractivity contribution in [3.63, 3.8) is 0 Å². The standard InChI is InChI=1S/C32H38/c1-8-20(2)15-30-24(6)14-21(3)16-32(30)28-11-9-10-27-17-26(19-31(27)28)18-29-23(5)13-12-22(4)25(29)7/h9-14,16-17,20,22,29H,5,7-8,15,18-19H2,1-4,6H3. The maximum absolute atomic E-state index is 4.41. The van der Waals surface area contributed by atoms with E-state index in [-0.39, 0.29) is 0 Å². The highest BCUT2D eigenvalue weighted by molar-refractivity contribution is 5.80. The van der Waals surface area contributed by atoms with Crippen molar-refractivity contribution >= 4 is 6.08 Å². The molecule has 0 aliphatic heterocycles. The fourth-order valence-corrected chi connectivity index (χ4v) is 5.41. The second kappa shape index (κ2) is 9.10. The number of hydrogen-bond donors (Lipinski definition) is 0. The van der Waals surface area contributed by atoms with E-state index in [1.54, 1.807) is 0 Å². The molecule has 0 spiro atoms. The van der Waals surface area contributed by atoms with Crippen LogP contribution in [0.2, 0.25) is 0 Å². The van der Waals surface area contributed by atoms with Crippen molar-refractivity contribution in [2.45, 2.75) is 60.3 Å². The minimum absolute atomic E-state index is 0.362. The van der Waals surface area contributed by atoms with Gasteiger partial charge in [0, 0.05) is 5.92 Å². The molecule has 2 aromatic carbocycles. The van der Waals surface area contributed by atoms with Gasteiger partial charge in [-0.2, -0.15) is 0 Å². The van der Waals surface area contributed by atoms with Crippen LogP contribution in [0.25, 0.3) is 17.2 Å². The predicted octanol–water partition coefficient (Wildman–Crippen LogP) is 8.82. The molecule has 0 fully saturated rings. The van der Waals surface area contributed by atoms with Gasteiger partial charge >= 0.3 is 0 Å². The van der Waals surface area contributed by atoms with Crippen LogP contribution in [0.5, 0.6) is 0 Å². The number of benzene rings is 2. The molecular formula is C32H38. The first-order chi connectivity index (χ1) is 15.3. The van der Waals surface area contributed by atoms with Crippen molar-refractivity contribution < 1.29 is 0 Å². The highest BCUT2D eigenvalue weighted by Crippen LogP contribution is 2.42. The van der Waals surface area contributed by atoms with E-state index >= 15 is 0 Å². The molecule has 0 radical (unpaired) electrons. The molecule has 3 atom stereocenters. The first kappa shape index (κ1) is 22.6. The van der Waals surface area contributed by atoms with Gasteiger partial charge in [-0.1, -0.05) is 106 Å². The Morgan fingerprint density at radius 3 is 2.62 bits per heavy atom. The average molecular weight is 423 g/mol. The van der Waals surface area contributed by atoms with Crippen molar-refractivity contribution in [1.29, 1.82) is 0 Å². The summed E-state index contributed by atoms with van der Waals surface area (Å²) < 4.78 is 0. The Morgan fingerprint density at radius 2 is 1.88 bits per heavy atom. The lowest BCUT2D eigenvalue weighted by molar-refractivity contribution is 0.559. The van der Waals surface area contributed by atoms with Crippen molar-refractivity contribution in [2.75, 3.05) is 0 Å². The Kier molecular flexibility index (Phi) is 6.42. The summed E-state index contributed by atoms with van der Waals surface area (Å²) in [5.74, 6) is 1.49. The van der Waals surface area contributed by atoms with Gasteiger partial charge in [0.2, 0.25) is 0 Å². The molecule has 0 N–H and O–H groups in total. The fraction of sp³-hybridized carbons (Fsp3) is 0.375. The van der Waals surface area contributed by atoms with Crippen LogP contribution in [-0.2, 0) is 12.8 Å². The summed E-state index contributed by atoms with van der Waals surface area (Å²) >= 11 is 0. The lowest BCUT2D eigenvalue weighted by atomic mass is 9.77. The highest BCUT2D eigenvalue weighted by atomic mass is 14.3. The zero-order chi connectivity index (χ0) is 23.0. The van der Waals surface area contributed by atoms with Gasteiger partial charge in [0.05, 0.1) is 0 Å². The van der Waals surface area contributed by atoms with E-state index in [4.69, 9.17) is 0 Å². The molecule has 2 aliphatic carbocycles. The Hall–Kier alpha value is -2.60. The maximum Gasteiger partial charge on any atom is 0.00826 e. The molecule has 0 saturated heterocycles. The third-order valence-corrected chi connectivity index (χ3v) is 7.68.